The van der Waals surface area contributed by atoms with Crippen LogP contribution in [0.2, 0.25) is 0 Å². The monoisotopic (exact) mass is 434 g/mol. The van der Waals surface area contributed by atoms with E-state index in [1.807, 2.05) is 48.0 Å². The Morgan fingerprint density at radius 1 is 1.07 bits per heavy atom. The molecule has 7 heteroatoms. The number of benzene rings is 2. The highest BCUT2D eigenvalue weighted by Crippen LogP contribution is 2.31. The average molecular weight is 435 g/mol. The Hall–Kier alpha value is -2.90. The number of likely N-dealkylation sites (N-methyl/N-ethyl adjacent to an activating group) is 1. The quantitative estimate of drug-likeness (QED) is 0.388. The molecule has 0 bridgehead atoms. The first-order valence-electron chi connectivity index (χ1n) is 9.56. The Morgan fingerprint density at radius 2 is 1.77 bits per heavy atom. The highest BCUT2D eigenvalue weighted by molar-refractivity contribution is 7.98. The van der Waals surface area contributed by atoms with Gasteiger partial charge in [-0.15, -0.1) is 11.3 Å². The minimum atomic E-state index is 0.0654. The van der Waals surface area contributed by atoms with E-state index in [4.69, 9.17) is 4.98 Å². The maximum Gasteiger partial charge on any atom is 0.228 e. The minimum absolute atomic E-state index is 0.0654. The molecular weight excluding hydrogens is 412 g/mol. The summed E-state index contributed by atoms with van der Waals surface area (Å²) in [5.41, 5.74) is 4.22. The number of thiazole rings is 1. The standard InChI is InChI=1S/C23H22N4OS2/c1-26(2)22(28)13-21-25-18(15-29-21)16-30-23-24-14-20(17-9-5-3-6-10-17)27(23)19-11-7-4-8-12-19/h3-12,14-15H,13,16H2,1-2H3. The average Bonchev–Trinajstić information content (AvgIpc) is 3.40. The van der Waals surface area contributed by atoms with Gasteiger partial charge in [0, 0.05) is 36.5 Å². The third-order valence-corrected chi connectivity index (χ3v) is 6.45. The Morgan fingerprint density at radius 3 is 2.47 bits per heavy atom. The molecule has 0 saturated carbocycles. The number of carbonyl (C=O) groups excluding carboxylic acids is 1. The van der Waals surface area contributed by atoms with Crippen molar-refractivity contribution in [3.05, 3.63) is 82.9 Å². The maximum atomic E-state index is 11.9. The summed E-state index contributed by atoms with van der Waals surface area (Å²) in [6.07, 6.45) is 2.27. The van der Waals surface area contributed by atoms with Crippen LogP contribution in [0.15, 0.2) is 77.4 Å². The topological polar surface area (TPSA) is 51.0 Å². The molecule has 2 heterocycles. The number of nitrogens with zero attached hydrogens (tertiary/aromatic N) is 4. The molecule has 1 amide bonds. The van der Waals surface area contributed by atoms with Crippen LogP contribution < -0.4 is 0 Å². The zero-order valence-electron chi connectivity index (χ0n) is 16.9. The lowest BCUT2D eigenvalue weighted by Crippen LogP contribution is -2.23. The van der Waals surface area contributed by atoms with Gasteiger partial charge in [0.15, 0.2) is 5.16 Å². The molecule has 0 aliphatic carbocycles. The smallest absolute Gasteiger partial charge is 0.228 e. The van der Waals surface area contributed by atoms with Gasteiger partial charge in [0.05, 0.1) is 24.0 Å². The predicted molar refractivity (Wildman–Crippen MR) is 123 cm³/mol. The lowest BCUT2D eigenvalue weighted by atomic mass is 10.1. The molecule has 0 aliphatic rings. The van der Waals surface area contributed by atoms with Crippen molar-refractivity contribution in [3.63, 3.8) is 0 Å². The molecule has 30 heavy (non-hydrogen) atoms. The second-order valence-electron chi connectivity index (χ2n) is 6.95. The van der Waals surface area contributed by atoms with E-state index in [9.17, 15) is 4.79 Å². The van der Waals surface area contributed by atoms with Crippen LogP contribution in [0.4, 0.5) is 0 Å². The summed E-state index contributed by atoms with van der Waals surface area (Å²) in [7, 11) is 3.53. The molecule has 152 valence electrons. The number of amides is 1. The van der Waals surface area contributed by atoms with Crippen molar-refractivity contribution in [2.24, 2.45) is 0 Å². The molecule has 4 aromatic rings. The first-order chi connectivity index (χ1) is 14.6. The fourth-order valence-electron chi connectivity index (χ4n) is 3.00. The highest BCUT2D eigenvalue weighted by Gasteiger charge is 2.15. The SMILES string of the molecule is CN(C)C(=O)Cc1nc(CSc2ncc(-c3ccccc3)n2-c2ccccc2)cs1. The number of para-hydroxylation sites is 1. The fraction of sp³-hybridized carbons (Fsp3) is 0.174. The van der Waals surface area contributed by atoms with Crippen molar-refractivity contribution in [2.75, 3.05) is 14.1 Å². The van der Waals surface area contributed by atoms with Crippen molar-refractivity contribution in [1.29, 1.82) is 0 Å². The van der Waals surface area contributed by atoms with Gasteiger partial charge in [-0.25, -0.2) is 9.97 Å². The summed E-state index contributed by atoms with van der Waals surface area (Å²) in [4.78, 5) is 22.8. The zero-order valence-corrected chi connectivity index (χ0v) is 18.5. The van der Waals surface area contributed by atoms with Crippen LogP contribution in [0.5, 0.6) is 0 Å². The van der Waals surface area contributed by atoms with E-state index in [2.05, 4.69) is 33.8 Å². The second kappa shape index (κ2) is 9.28. The second-order valence-corrected chi connectivity index (χ2v) is 8.83. The van der Waals surface area contributed by atoms with Crippen LogP contribution in [0.1, 0.15) is 10.7 Å². The van der Waals surface area contributed by atoms with Crippen molar-refractivity contribution in [2.45, 2.75) is 17.3 Å². The molecule has 0 spiro atoms. The Kier molecular flexibility index (Phi) is 6.30. The summed E-state index contributed by atoms with van der Waals surface area (Å²) < 4.78 is 2.18. The molecule has 0 aliphatic heterocycles. The molecule has 0 unspecified atom stereocenters. The Balaban J connectivity index is 1.57. The van der Waals surface area contributed by atoms with E-state index in [1.165, 1.54) is 11.3 Å². The number of hydrogen-bond acceptors (Lipinski definition) is 5. The molecule has 2 aromatic carbocycles. The first kappa shape index (κ1) is 20.4. The van der Waals surface area contributed by atoms with E-state index in [0.29, 0.717) is 12.2 Å². The van der Waals surface area contributed by atoms with Gasteiger partial charge in [0.2, 0.25) is 5.91 Å². The highest BCUT2D eigenvalue weighted by atomic mass is 32.2. The molecule has 0 atom stereocenters. The van der Waals surface area contributed by atoms with Crippen molar-refractivity contribution < 1.29 is 4.79 Å². The molecular formula is C23H22N4OS2. The van der Waals surface area contributed by atoms with Gasteiger partial charge in [-0.2, -0.15) is 0 Å². The summed E-state index contributed by atoms with van der Waals surface area (Å²) >= 11 is 3.18. The largest absolute Gasteiger partial charge is 0.348 e. The Bertz CT molecular complexity index is 1120. The number of carbonyl (C=O) groups is 1. The summed E-state index contributed by atoms with van der Waals surface area (Å²) in [6, 6.07) is 20.5. The molecule has 4 rings (SSSR count). The van der Waals surface area contributed by atoms with E-state index in [1.54, 1.807) is 30.8 Å². The first-order valence-corrected chi connectivity index (χ1v) is 11.4. The molecule has 0 radical (unpaired) electrons. The van der Waals surface area contributed by atoms with Gasteiger partial charge in [-0.3, -0.25) is 9.36 Å². The van der Waals surface area contributed by atoms with E-state index < -0.39 is 0 Å². The maximum absolute atomic E-state index is 11.9. The van der Waals surface area contributed by atoms with Crippen LogP contribution in [0, 0.1) is 0 Å². The number of aromatic nitrogens is 3. The zero-order chi connectivity index (χ0) is 20.9. The minimum Gasteiger partial charge on any atom is -0.348 e. The summed E-state index contributed by atoms with van der Waals surface area (Å²) in [5, 5.41) is 3.79. The van der Waals surface area contributed by atoms with Crippen molar-refractivity contribution in [1.82, 2.24) is 19.4 Å². The number of imidazole rings is 1. The molecule has 0 saturated heterocycles. The number of rotatable bonds is 7. The summed E-state index contributed by atoms with van der Waals surface area (Å²) in [5.74, 6) is 0.765. The van der Waals surface area contributed by atoms with Gasteiger partial charge >= 0.3 is 0 Å². The number of hydrogen-bond donors (Lipinski definition) is 0. The van der Waals surface area contributed by atoms with Gasteiger partial charge in [-0.05, 0) is 12.1 Å². The van der Waals surface area contributed by atoms with Crippen molar-refractivity contribution in [3.8, 4) is 16.9 Å². The van der Waals surface area contributed by atoms with E-state index >= 15 is 0 Å². The van der Waals surface area contributed by atoms with Crippen molar-refractivity contribution >= 4 is 29.0 Å². The lowest BCUT2D eigenvalue weighted by Gasteiger charge is -2.11. The fourth-order valence-corrected chi connectivity index (χ4v) is 4.77. The van der Waals surface area contributed by atoms with Crippen LogP contribution in [-0.4, -0.2) is 39.4 Å². The molecule has 2 aromatic heterocycles. The number of thioether (sulfide) groups is 1. The van der Waals surface area contributed by atoms with Gasteiger partial charge < -0.3 is 4.90 Å². The third kappa shape index (κ3) is 4.63. The van der Waals surface area contributed by atoms with Crippen LogP contribution in [0.25, 0.3) is 16.9 Å². The van der Waals surface area contributed by atoms with E-state index in [-0.39, 0.29) is 5.91 Å². The molecule has 0 N–H and O–H groups in total. The predicted octanol–water partition coefficient (Wildman–Crippen LogP) is 4.92. The molecule has 0 fully saturated rings. The normalized spacial score (nSPS) is 10.9. The molecule has 5 nitrogen and oxygen atoms in total. The summed E-state index contributed by atoms with van der Waals surface area (Å²) in [6.45, 7) is 0. The van der Waals surface area contributed by atoms with E-state index in [0.717, 1.165) is 32.8 Å². The van der Waals surface area contributed by atoms with Gasteiger partial charge in [0.1, 0.15) is 5.01 Å². The van der Waals surface area contributed by atoms with Crippen LogP contribution >= 0.6 is 23.1 Å². The lowest BCUT2D eigenvalue weighted by molar-refractivity contribution is -0.127. The van der Waals surface area contributed by atoms with Gasteiger partial charge in [0.25, 0.3) is 0 Å². The van der Waals surface area contributed by atoms with Crippen LogP contribution in [0.3, 0.4) is 0 Å². The van der Waals surface area contributed by atoms with Gasteiger partial charge in [-0.1, -0.05) is 60.3 Å². The Labute approximate surface area is 184 Å². The third-order valence-electron chi connectivity index (χ3n) is 4.56. The van der Waals surface area contributed by atoms with Crippen LogP contribution in [-0.2, 0) is 17.0 Å².